The van der Waals surface area contributed by atoms with Crippen molar-refractivity contribution in [3.05, 3.63) is 0 Å². The van der Waals surface area contributed by atoms with Gasteiger partial charge in [0.1, 0.15) is 0 Å². The number of carbonyl (C=O) groups is 1. The summed E-state index contributed by atoms with van der Waals surface area (Å²) in [5.41, 5.74) is 5.63. The van der Waals surface area contributed by atoms with E-state index in [-0.39, 0.29) is 5.92 Å². The Labute approximate surface area is 118 Å². The van der Waals surface area contributed by atoms with E-state index in [0.29, 0.717) is 18.5 Å². The van der Waals surface area contributed by atoms with Gasteiger partial charge in [-0.25, -0.2) is 0 Å². The summed E-state index contributed by atoms with van der Waals surface area (Å²) >= 11 is 0. The summed E-state index contributed by atoms with van der Waals surface area (Å²) in [5.74, 6) is 0.535. The predicted octanol–water partition coefficient (Wildman–Crippen LogP) is 3.32. The van der Waals surface area contributed by atoms with Gasteiger partial charge in [0.05, 0.1) is 0 Å². The molecule has 0 aromatic heterocycles. The average Bonchev–Trinajstić information content (AvgIpc) is 2.68. The Morgan fingerprint density at radius 1 is 1.26 bits per heavy atom. The summed E-state index contributed by atoms with van der Waals surface area (Å²) in [5, 5.41) is 0. The van der Waals surface area contributed by atoms with Gasteiger partial charge in [0.25, 0.3) is 0 Å². The van der Waals surface area contributed by atoms with Gasteiger partial charge in [0, 0.05) is 18.5 Å². The third-order valence-electron chi connectivity index (χ3n) is 4.29. The zero-order valence-corrected chi connectivity index (χ0v) is 12.9. The monoisotopic (exact) mass is 268 g/mol. The van der Waals surface area contributed by atoms with Crippen LogP contribution in [0.2, 0.25) is 0 Å². The van der Waals surface area contributed by atoms with Crippen LogP contribution in [0.5, 0.6) is 0 Å². The summed E-state index contributed by atoms with van der Waals surface area (Å²) in [7, 11) is 0. The molecule has 112 valence electrons. The fourth-order valence-corrected chi connectivity index (χ4v) is 3.14. The fraction of sp³-hybridized carbons (Fsp3) is 0.938. The third kappa shape index (κ3) is 5.52. The number of nitrogens with zero attached hydrogens (tertiary/aromatic N) is 1. The molecule has 0 radical (unpaired) electrons. The van der Waals surface area contributed by atoms with Crippen molar-refractivity contribution >= 4 is 5.91 Å². The van der Waals surface area contributed by atoms with Crippen LogP contribution in [0.15, 0.2) is 0 Å². The molecule has 1 unspecified atom stereocenters. The molecule has 1 aliphatic carbocycles. The quantitative estimate of drug-likeness (QED) is 0.720. The molecule has 1 rings (SSSR count). The van der Waals surface area contributed by atoms with Crippen molar-refractivity contribution in [1.82, 2.24) is 4.90 Å². The molecule has 0 spiro atoms. The van der Waals surface area contributed by atoms with Crippen molar-refractivity contribution in [3.63, 3.8) is 0 Å². The molecule has 19 heavy (non-hydrogen) atoms. The predicted molar refractivity (Wildman–Crippen MR) is 80.9 cm³/mol. The van der Waals surface area contributed by atoms with Crippen LogP contribution >= 0.6 is 0 Å². The molecule has 0 aromatic rings. The molecule has 1 atom stereocenters. The minimum Gasteiger partial charge on any atom is -0.339 e. The Hall–Kier alpha value is -0.570. The second-order valence-corrected chi connectivity index (χ2v) is 6.01. The van der Waals surface area contributed by atoms with E-state index >= 15 is 0 Å². The maximum absolute atomic E-state index is 12.6. The van der Waals surface area contributed by atoms with Crippen LogP contribution in [0.3, 0.4) is 0 Å². The summed E-state index contributed by atoms with van der Waals surface area (Å²) < 4.78 is 0. The highest BCUT2D eigenvalue weighted by Gasteiger charge is 2.26. The molecule has 0 heterocycles. The standard InChI is InChI=1S/C16H32N2O/c1-3-9-14(2)16(19)18(13-8-12-17)15-10-6-4-5-7-11-15/h14-15H,3-13,17H2,1-2H3. The topological polar surface area (TPSA) is 46.3 Å². The van der Waals surface area contributed by atoms with Crippen molar-refractivity contribution < 1.29 is 4.79 Å². The van der Waals surface area contributed by atoms with Crippen molar-refractivity contribution in [2.45, 2.75) is 77.7 Å². The normalized spacial score (nSPS) is 18.9. The summed E-state index contributed by atoms with van der Waals surface area (Å²) in [4.78, 5) is 14.8. The van der Waals surface area contributed by atoms with Gasteiger partial charge in [-0.3, -0.25) is 4.79 Å². The zero-order valence-electron chi connectivity index (χ0n) is 12.9. The first-order valence-electron chi connectivity index (χ1n) is 8.21. The van der Waals surface area contributed by atoms with Gasteiger partial charge in [-0.05, 0) is 32.2 Å². The smallest absolute Gasteiger partial charge is 0.225 e. The van der Waals surface area contributed by atoms with E-state index in [4.69, 9.17) is 5.73 Å². The molecule has 1 aliphatic rings. The molecule has 0 saturated heterocycles. The molecule has 3 nitrogen and oxygen atoms in total. The van der Waals surface area contributed by atoms with Crippen molar-refractivity contribution in [2.24, 2.45) is 11.7 Å². The third-order valence-corrected chi connectivity index (χ3v) is 4.29. The molecular weight excluding hydrogens is 236 g/mol. The van der Waals surface area contributed by atoms with Crippen LogP contribution in [-0.2, 0) is 4.79 Å². The average molecular weight is 268 g/mol. The molecule has 2 N–H and O–H groups in total. The lowest BCUT2D eigenvalue weighted by atomic mass is 10.0. The lowest BCUT2D eigenvalue weighted by Gasteiger charge is -2.33. The molecule has 0 aliphatic heterocycles. The van der Waals surface area contributed by atoms with E-state index in [9.17, 15) is 4.79 Å². The molecule has 1 amide bonds. The molecule has 3 heteroatoms. The van der Waals surface area contributed by atoms with E-state index in [1.54, 1.807) is 0 Å². The maximum Gasteiger partial charge on any atom is 0.225 e. The van der Waals surface area contributed by atoms with Gasteiger partial charge in [-0.15, -0.1) is 0 Å². The lowest BCUT2D eigenvalue weighted by molar-refractivity contribution is -0.138. The van der Waals surface area contributed by atoms with Crippen LogP contribution < -0.4 is 5.73 Å². The SMILES string of the molecule is CCCC(C)C(=O)N(CCCN)C1CCCCCC1. The van der Waals surface area contributed by atoms with E-state index in [0.717, 1.165) is 25.8 Å². The molecule has 1 fully saturated rings. The second-order valence-electron chi connectivity index (χ2n) is 6.01. The minimum absolute atomic E-state index is 0.172. The second kappa shape index (κ2) is 9.35. The number of carbonyl (C=O) groups excluding carboxylic acids is 1. The van der Waals surface area contributed by atoms with E-state index < -0.39 is 0 Å². The van der Waals surface area contributed by atoms with E-state index in [1.807, 2.05) is 0 Å². The highest BCUT2D eigenvalue weighted by Crippen LogP contribution is 2.24. The molecule has 1 saturated carbocycles. The number of nitrogens with two attached hydrogens (primary N) is 1. The Bertz CT molecular complexity index is 247. The Kier molecular flexibility index (Phi) is 8.11. The zero-order chi connectivity index (χ0) is 14.1. The lowest BCUT2D eigenvalue weighted by Crippen LogP contribution is -2.44. The van der Waals surface area contributed by atoms with Crippen molar-refractivity contribution in [1.29, 1.82) is 0 Å². The number of hydrogen-bond donors (Lipinski definition) is 1. The maximum atomic E-state index is 12.6. The molecule has 0 bridgehead atoms. The summed E-state index contributed by atoms with van der Waals surface area (Å²) in [6.07, 6.45) is 10.6. The van der Waals surface area contributed by atoms with Crippen LogP contribution in [0, 0.1) is 5.92 Å². The van der Waals surface area contributed by atoms with Gasteiger partial charge in [0.15, 0.2) is 0 Å². The number of hydrogen-bond acceptors (Lipinski definition) is 2. The van der Waals surface area contributed by atoms with Crippen molar-refractivity contribution in [3.8, 4) is 0 Å². The van der Waals surface area contributed by atoms with E-state index in [2.05, 4.69) is 18.7 Å². The largest absolute Gasteiger partial charge is 0.339 e. The van der Waals surface area contributed by atoms with Crippen LogP contribution in [-0.4, -0.2) is 29.9 Å². The Morgan fingerprint density at radius 2 is 1.89 bits per heavy atom. The van der Waals surface area contributed by atoms with Gasteiger partial charge in [0.2, 0.25) is 5.91 Å². The number of rotatable bonds is 7. The van der Waals surface area contributed by atoms with Gasteiger partial charge < -0.3 is 10.6 Å². The van der Waals surface area contributed by atoms with Gasteiger partial charge in [-0.2, -0.15) is 0 Å². The van der Waals surface area contributed by atoms with Crippen LogP contribution in [0.1, 0.15) is 71.6 Å². The highest BCUT2D eigenvalue weighted by atomic mass is 16.2. The van der Waals surface area contributed by atoms with E-state index in [1.165, 1.54) is 38.5 Å². The summed E-state index contributed by atoms with van der Waals surface area (Å²) in [6, 6.07) is 0.473. The highest BCUT2D eigenvalue weighted by molar-refractivity contribution is 5.78. The molecular formula is C16H32N2O. The van der Waals surface area contributed by atoms with Gasteiger partial charge in [-0.1, -0.05) is 46.0 Å². The minimum atomic E-state index is 0.172. The Balaban J connectivity index is 2.65. The molecule has 0 aromatic carbocycles. The van der Waals surface area contributed by atoms with Crippen LogP contribution in [0.4, 0.5) is 0 Å². The number of amides is 1. The Morgan fingerprint density at radius 3 is 2.42 bits per heavy atom. The van der Waals surface area contributed by atoms with Gasteiger partial charge >= 0.3 is 0 Å². The first-order chi connectivity index (χ1) is 9.20. The summed E-state index contributed by atoms with van der Waals surface area (Å²) in [6.45, 7) is 5.77. The van der Waals surface area contributed by atoms with Crippen molar-refractivity contribution in [2.75, 3.05) is 13.1 Å². The fourth-order valence-electron chi connectivity index (χ4n) is 3.14. The first-order valence-corrected chi connectivity index (χ1v) is 8.21. The first kappa shape index (κ1) is 16.5. The van der Waals surface area contributed by atoms with Crippen LogP contribution in [0.25, 0.3) is 0 Å².